The average Bonchev–Trinajstić information content (AvgIpc) is 3.25. The van der Waals surface area contributed by atoms with Crippen molar-refractivity contribution in [3.8, 4) is 0 Å². The number of hydrogen-bond acceptors (Lipinski definition) is 0. The summed E-state index contributed by atoms with van der Waals surface area (Å²) in [5.74, 6) is 3.96. The smallest absolute Gasteiger partial charge is 0.00161 e. The van der Waals surface area contributed by atoms with Crippen LogP contribution in [0.1, 0.15) is 76.7 Å². The lowest BCUT2D eigenvalue weighted by atomic mass is 9.58. The van der Waals surface area contributed by atoms with Crippen LogP contribution in [-0.2, 0) is 5.41 Å². The van der Waals surface area contributed by atoms with Gasteiger partial charge in [-0.25, -0.2) is 0 Å². The van der Waals surface area contributed by atoms with Crippen molar-refractivity contribution in [2.24, 2.45) is 23.7 Å². The molecule has 0 aromatic heterocycles. The second-order valence-corrected chi connectivity index (χ2v) is 8.52. The van der Waals surface area contributed by atoms with Crippen molar-refractivity contribution in [1.82, 2.24) is 0 Å². The Labute approximate surface area is 136 Å². The van der Waals surface area contributed by atoms with Crippen molar-refractivity contribution >= 4 is 0 Å². The first-order chi connectivity index (χ1) is 10.8. The van der Waals surface area contributed by atoms with E-state index in [1.807, 2.05) is 0 Å². The Kier molecular flexibility index (Phi) is 4.05. The number of fused-ring (bicyclic) bond motifs is 1. The van der Waals surface area contributed by atoms with Gasteiger partial charge in [0, 0.05) is 0 Å². The van der Waals surface area contributed by atoms with Gasteiger partial charge in [-0.3, -0.25) is 0 Å². The topological polar surface area (TPSA) is 0 Å². The van der Waals surface area contributed by atoms with E-state index in [1.165, 1.54) is 64.2 Å². The van der Waals surface area contributed by atoms with Crippen molar-refractivity contribution in [2.45, 2.75) is 76.5 Å². The molecule has 3 saturated carbocycles. The quantitative estimate of drug-likeness (QED) is 0.609. The van der Waals surface area contributed by atoms with E-state index >= 15 is 0 Å². The summed E-state index contributed by atoms with van der Waals surface area (Å²) in [4.78, 5) is 0. The molecule has 0 N–H and O–H groups in total. The van der Waals surface area contributed by atoms with E-state index < -0.39 is 0 Å². The minimum absolute atomic E-state index is 0.439. The fraction of sp³-hybridized carbons (Fsp3) is 0.727. The molecule has 3 fully saturated rings. The Morgan fingerprint density at radius 2 is 1.45 bits per heavy atom. The van der Waals surface area contributed by atoms with Crippen LogP contribution in [0, 0.1) is 23.7 Å². The van der Waals surface area contributed by atoms with Gasteiger partial charge in [0.05, 0.1) is 0 Å². The third kappa shape index (κ3) is 2.34. The lowest BCUT2D eigenvalue weighted by molar-refractivity contribution is 0.114. The number of benzene rings is 1. The molecule has 4 rings (SSSR count). The first-order valence-electron chi connectivity index (χ1n) is 9.85. The Bertz CT molecular complexity index is 484. The molecule has 0 nitrogen and oxygen atoms in total. The first-order valence-corrected chi connectivity index (χ1v) is 9.85. The van der Waals surface area contributed by atoms with Crippen molar-refractivity contribution in [2.75, 3.05) is 0 Å². The molecule has 3 unspecified atom stereocenters. The predicted molar refractivity (Wildman–Crippen MR) is 93.9 cm³/mol. The Balaban J connectivity index is 1.71. The molecule has 22 heavy (non-hydrogen) atoms. The summed E-state index contributed by atoms with van der Waals surface area (Å²) in [6.45, 7) is 2.65. The molecule has 0 heterocycles. The summed E-state index contributed by atoms with van der Waals surface area (Å²) < 4.78 is 0. The maximum absolute atomic E-state index is 2.65. The van der Waals surface area contributed by atoms with Gasteiger partial charge in [-0.1, -0.05) is 69.4 Å². The molecule has 0 saturated heterocycles. The van der Waals surface area contributed by atoms with Gasteiger partial charge in [0.1, 0.15) is 0 Å². The predicted octanol–water partition coefficient (Wildman–Crippen LogP) is 6.35. The highest BCUT2D eigenvalue weighted by Crippen LogP contribution is 2.58. The zero-order chi connectivity index (χ0) is 15.0. The molecule has 0 bridgehead atoms. The summed E-state index contributed by atoms with van der Waals surface area (Å²) in [7, 11) is 0. The van der Waals surface area contributed by atoms with E-state index in [0.29, 0.717) is 5.41 Å². The first kappa shape index (κ1) is 14.8. The highest BCUT2D eigenvalue weighted by Gasteiger charge is 2.50. The zero-order valence-electron chi connectivity index (χ0n) is 14.3. The average molecular weight is 296 g/mol. The minimum Gasteiger partial charge on any atom is -0.0622 e. The van der Waals surface area contributed by atoms with Crippen LogP contribution in [0.2, 0.25) is 0 Å². The second-order valence-electron chi connectivity index (χ2n) is 8.52. The molecule has 3 aliphatic rings. The standard InChI is InChI=1S/C22H32/c1-22(19-12-6-7-13-19,18-10-3-2-4-11-18)21-16-15-17-9-5-8-14-20(17)21/h2-4,10-11,17,19-21H,5-9,12-16H2,1H3/t17?,20?,21?,22-/m1/s1. The molecule has 1 aromatic rings. The second kappa shape index (κ2) is 6.02. The summed E-state index contributed by atoms with van der Waals surface area (Å²) in [5, 5.41) is 0. The van der Waals surface area contributed by atoms with Crippen LogP contribution >= 0.6 is 0 Å². The van der Waals surface area contributed by atoms with Crippen LogP contribution in [0.4, 0.5) is 0 Å². The van der Waals surface area contributed by atoms with Gasteiger partial charge in [0.25, 0.3) is 0 Å². The van der Waals surface area contributed by atoms with Gasteiger partial charge >= 0.3 is 0 Å². The monoisotopic (exact) mass is 296 g/mol. The lowest BCUT2D eigenvalue weighted by Gasteiger charge is -2.46. The molecule has 0 spiro atoms. The van der Waals surface area contributed by atoms with E-state index in [2.05, 4.69) is 37.3 Å². The van der Waals surface area contributed by atoms with E-state index in [4.69, 9.17) is 0 Å². The van der Waals surface area contributed by atoms with Crippen LogP contribution in [0.15, 0.2) is 30.3 Å². The van der Waals surface area contributed by atoms with Crippen LogP contribution in [0.25, 0.3) is 0 Å². The van der Waals surface area contributed by atoms with E-state index in [9.17, 15) is 0 Å². The Morgan fingerprint density at radius 3 is 2.23 bits per heavy atom. The molecule has 3 aliphatic carbocycles. The van der Waals surface area contributed by atoms with E-state index in [0.717, 1.165) is 23.7 Å². The molecule has 0 radical (unpaired) electrons. The van der Waals surface area contributed by atoms with Crippen molar-refractivity contribution in [3.05, 3.63) is 35.9 Å². The summed E-state index contributed by atoms with van der Waals surface area (Å²) >= 11 is 0. The third-order valence-electron chi connectivity index (χ3n) is 7.70. The van der Waals surface area contributed by atoms with Crippen LogP contribution in [0.5, 0.6) is 0 Å². The Morgan fingerprint density at radius 1 is 0.773 bits per heavy atom. The highest BCUT2D eigenvalue weighted by molar-refractivity contribution is 5.28. The number of hydrogen-bond donors (Lipinski definition) is 0. The van der Waals surface area contributed by atoms with Gasteiger partial charge in [-0.05, 0) is 66.8 Å². The Hall–Kier alpha value is -0.780. The fourth-order valence-electron chi connectivity index (χ4n) is 6.55. The van der Waals surface area contributed by atoms with E-state index in [-0.39, 0.29) is 0 Å². The van der Waals surface area contributed by atoms with Gasteiger partial charge in [0.2, 0.25) is 0 Å². The molecule has 0 heteroatoms. The summed E-state index contributed by atoms with van der Waals surface area (Å²) in [6, 6.07) is 11.6. The van der Waals surface area contributed by atoms with Crippen LogP contribution in [-0.4, -0.2) is 0 Å². The maximum Gasteiger partial charge on any atom is -0.00161 e. The van der Waals surface area contributed by atoms with Gasteiger partial charge in [-0.2, -0.15) is 0 Å². The van der Waals surface area contributed by atoms with Crippen LogP contribution < -0.4 is 0 Å². The highest BCUT2D eigenvalue weighted by atomic mass is 14.5. The molecule has 4 atom stereocenters. The summed E-state index contributed by atoms with van der Waals surface area (Å²) in [5.41, 5.74) is 2.09. The van der Waals surface area contributed by atoms with E-state index in [1.54, 1.807) is 5.56 Å². The lowest BCUT2D eigenvalue weighted by Crippen LogP contribution is -2.42. The minimum atomic E-state index is 0.439. The van der Waals surface area contributed by atoms with Gasteiger partial charge < -0.3 is 0 Å². The SMILES string of the molecule is C[C@@](c1ccccc1)(C1CCCC1)C1CCC2CCCCC21. The van der Waals surface area contributed by atoms with Crippen LogP contribution in [0.3, 0.4) is 0 Å². The molecule has 0 amide bonds. The van der Waals surface area contributed by atoms with Crippen molar-refractivity contribution in [1.29, 1.82) is 0 Å². The molecule has 0 aliphatic heterocycles. The maximum atomic E-state index is 2.65. The fourth-order valence-corrected chi connectivity index (χ4v) is 6.55. The third-order valence-corrected chi connectivity index (χ3v) is 7.70. The molecular formula is C22H32. The summed E-state index contributed by atoms with van der Waals surface area (Å²) in [6.07, 6.45) is 14.9. The molecular weight excluding hydrogens is 264 g/mol. The zero-order valence-corrected chi connectivity index (χ0v) is 14.3. The largest absolute Gasteiger partial charge is 0.0622 e. The normalized spacial score (nSPS) is 35.2. The van der Waals surface area contributed by atoms with Gasteiger partial charge in [0.15, 0.2) is 0 Å². The van der Waals surface area contributed by atoms with Crippen molar-refractivity contribution < 1.29 is 0 Å². The molecule has 1 aromatic carbocycles. The molecule has 120 valence electrons. The van der Waals surface area contributed by atoms with Gasteiger partial charge in [-0.15, -0.1) is 0 Å². The number of rotatable bonds is 3. The van der Waals surface area contributed by atoms with Crippen molar-refractivity contribution in [3.63, 3.8) is 0 Å².